The lowest BCUT2D eigenvalue weighted by molar-refractivity contribution is -0.152. The van der Waals surface area contributed by atoms with E-state index in [0.29, 0.717) is 12.8 Å². The Morgan fingerprint density at radius 1 is 0.396 bits per heavy atom. The van der Waals surface area contributed by atoms with Crippen LogP contribution in [0, 0.1) is 21.4 Å². The van der Waals surface area contributed by atoms with E-state index in [0.717, 1.165) is 76.1 Å². The van der Waals surface area contributed by atoms with Gasteiger partial charge in [-0.25, -0.2) is 0 Å². The van der Waals surface area contributed by atoms with Crippen molar-refractivity contribution in [3.05, 3.63) is 45.7 Å². The fraction of sp³-hybridized carbons (Fsp3) is 0.611. The zero-order valence-electron chi connectivity index (χ0n) is 27.6. The molecule has 6 nitrogen and oxygen atoms in total. The Balaban J connectivity index is 1.29. The van der Waals surface area contributed by atoms with Crippen molar-refractivity contribution >= 4 is 147 Å². The Morgan fingerprint density at radius 2 is 0.667 bits per heavy atom. The first kappa shape index (κ1) is 45.5. The van der Waals surface area contributed by atoms with Gasteiger partial charge in [-0.2, -0.15) is 0 Å². The topological polar surface area (TPSA) is 71.1 Å². The minimum atomic E-state index is -0.202. The van der Waals surface area contributed by atoms with E-state index < -0.39 is 0 Å². The molecule has 2 aromatic carbocycles. The molecular weight excluding hydrogens is 1290 g/mol. The summed E-state index contributed by atoms with van der Waals surface area (Å²) in [5.41, 5.74) is 0. The lowest BCUT2D eigenvalue weighted by Gasteiger charge is -2.11. The zero-order chi connectivity index (χ0) is 35.0. The third-order valence-electron chi connectivity index (χ3n) is 7.58. The first-order valence-corrected chi connectivity index (χ1v) is 23.5. The number of hydrogen-bond donors (Lipinski definition) is 0. The van der Waals surface area contributed by atoms with Crippen molar-refractivity contribution in [2.45, 2.75) is 116 Å². The summed E-state index contributed by atoms with van der Waals surface area (Å²) < 4.78 is 29.7. The number of rotatable bonds is 27. The largest absolute Gasteiger partial charge is 0.491 e. The first-order chi connectivity index (χ1) is 23.2. The number of hydrogen-bond acceptors (Lipinski definition) is 6. The van der Waals surface area contributed by atoms with Gasteiger partial charge in [0.05, 0.1) is 27.5 Å². The molecule has 0 saturated heterocycles. The van der Waals surface area contributed by atoms with Gasteiger partial charge in [-0.05, 0) is 185 Å². The third kappa shape index (κ3) is 21.8. The van der Waals surface area contributed by atoms with Gasteiger partial charge >= 0.3 is 11.9 Å². The number of carbonyl (C=O) groups is 2. The molecule has 0 aliphatic rings. The van der Waals surface area contributed by atoms with Crippen LogP contribution < -0.4 is 9.47 Å². The Morgan fingerprint density at radius 3 is 0.979 bits per heavy atom. The summed E-state index contributed by atoms with van der Waals surface area (Å²) in [6, 6.07) is 8.59. The van der Waals surface area contributed by atoms with E-state index in [9.17, 15) is 9.59 Å². The predicted molar refractivity (Wildman–Crippen MR) is 245 cm³/mol. The summed E-state index contributed by atoms with van der Waals surface area (Å²) in [5.74, 6) is 1.62. The maximum Gasteiger partial charge on any atom is 0.305 e. The Kier molecular flexibility index (Phi) is 27.3. The molecule has 0 bridgehead atoms. The fourth-order valence-corrected chi connectivity index (χ4v) is 12.8. The SMILES string of the molecule is O=C(CCCCCCCCCCOc1c(I)cc(I)cc1I)OCCOC(=O)CCCCCCCCCCOc1c(I)cc(I)cc1I. The number of benzene rings is 2. The number of halogens is 6. The second-order valence-corrected chi connectivity index (χ2v) is 18.8. The van der Waals surface area contributed by atoms with Crippen molar-refractivity contribution in [1.82, 2.24) is 0 Å². The normalized spacial score (nSPS) is 11.0. The summed E-state index contributed by atoms with van der Waals surface area (Å²) in [6.07, 6.45) is 18.7. The zero-order valence-corrected chi connectivity index (χ0v) is 40.5. The Bertz CT molecular complexity index is 1090. The summed E-state index contributed by atoms with van der Waals surface area (Å²) in [6.45, 7) is 1.82. The van der Waals surface area contributed by atoms with Crippen molar-refractivity contribution in [2.24, 2.45) is 0 Å². The van der Waals surface area contributed by atoms with E-state index in [1.54, 1.807) is 0 Å². The van der Waals surface area contributed by atoms with E-state index in [1.807, 2.05) is 0 Å². The predicted octanol–water partition coefficient (Wildman–Crippen LogP) is 12.9. The molecule has 0 spiro atoms. The van der Waals surface area contributed by atoms with Crippen LogP contribution >= 0.6 is 136 Å². The van der Waals surface area contributed by atoms with Crippen LogP contribution in [0.1, 0.15) is 116 Å². The molecule has 0 N–H and O–H groups in total. The van der Waals surface area contributed by atoms with Crippen LogP contribution in [0.4, 0.5) is 0 Å². The van der Waals surface area contributed by atoms with Crippen molar-refractivity contribution in [3.63, 3.8) is 0 Å². The maximum atomic E-state index is 12.0. The van der Waals surface area contributed by atoms with Crippen LogP contribution in [0.3, 0.4) is 0 Å². The lowest BCUT2D eigenvalue weighted by Crippen LogP contribution is -2.13. The Labute approximate surface area is 370 Å². The van der Waals surface area contributed by atoms with Crippen molar-refractivity contribution in [1.29, 1.82) is 0 Å². The van der Waals surface area contributed by atoms with Gasteiger partial charge in [-0.1, -0.05) is 77.0 Å². The van der Waals surface area contributed by atoms with Gasteiger partial charge in [0.2, 0.25) is 0 Å². The monoisotopic (exact) mass is 1340 g/mol. The molecule has 0 saturated carbocycles. The molecule has 0 unspecified atom stereocenters. The Hall–Kier alpha value is 1.36. The van der Waals surface area contributed by atoms with E-state index in [2.05, 4.69) is 160 Å². The van der Waals surface area contributed by atoms with E-state index in [4.69, 9.17) is 18.9 Å². The van der Waals surface area contributed by atoms with Crippen LogP contribution in [-0.2, 0) is 19.1 Å². The minimum absolute atomic E-state index is 0.143. The van der Waals surface area contributed by atoms with Gasteiger partial charge < -0.3 is 18.9 Å². The van der Waals surface area contributed by atoms with Crippen LogP contribution in [0.25, 0.3) is 0 Å². The number of esters is 2. The molecule has 0 atom stereocenters. The fourth-order valence-electron chi connectivity index (χ4n) is 5.00. The second-order valence-electron chi connectivity index (χ2n) is 11.7. The van der Waals surface area contributed by atoms with Gasteiger partial charge in [0, 0.05) is 20.0 Å². The molecular formula is C36H48I6O6. The number of carbonyl (C=O) groups excluding carboxylic acids is 2. The standard InChI is InChI=1S/C36H48I6O6/c37-27-23-29(39)35(30(40)24-27)47-19-15-11-7-3-1-5-9-13-17-33(43)45-21-22-46-34(44)18-14-10-6-2-4-8-12-16-20-48-36-31(41)25-28(38)26-32(36)42/h23-26H,1-22H2. The van der Waals surface area contributed by atoms with Crippen LogP contribution in [-0.4, -0.2) is 38.4 Å². The van der Waals surface area contributed by atoms with Gasteiger partial charge in [0.25, 0.3) is 0 Å². The van der Waals surface area contributed by atoms with Crippen molar-refractivity contribution in [2.75, 3.05) is 26.4 Å². The van der Waals surface area contributed by atoms with E-state index in [1.165, 1.54) is 72.8 Å². The highest BCUT2D eigenvalue weighted by molar-refractivity contribution is 14.1. The molecule has 2 rings (SSSR count). The van der Waals surface area contributed by atoms with Gasteiger partial charge in [0.15, 0.2) is 0 Å². The highest BCUT2D eigenvalue weighted by Crippen LogP contribution is 2.31. The molecule has 48 heavy (non-hydrogen) atoms. The van der Waals surface area contributed by atoms with Gasteiger partial charge in [-0.15, -0.1) is 0 Å². The minimum Gasteiger partial charge on any atom is -0.491 e. The average Bonchev–Trinajstić information content (AvgIpc) is 3.02. The van der Waals surface area contributed by atoms with Gasteiger partial charge in [0.1, 0.15) is 24.7 Å². The summed E-state index contributed by atoms with van der Waals surface area (Å²) in [5, 5.41) is 0. The molecule has 2 aromatic rings. The summed E-state index contributed by atoms with van der Waals surface area (Å²) in [4.78, 5) is 23.9. The van der Waals surface area contributed by atoms with Crippen LogP contribution in [0.2, 0.25) is 0 Å². The van der Waals surface area contributed by atoms with Crippen LogP contribution in [0.5, 0.6) is 11.5 Å². The molecule has 0 radical (unpaired) electrons. The van der Waals surface area contributed by atoms with E-state index in [-0.39, 0.29) is 25.2 Å². The number of unbranched alkanes of at least 4 members (excludes halogenated alkanes) is 14. The quantitative estimate of drug-likeness (QED) is 0.0504. The molecule has 0 fully saturated rings. The summed E-state index contributed by atoms with van der Waals surface area (Å²) >= 11 is 14.1. The van der Waals surface area contributed by atoms with Gasteiger partial charge in [-0.3, -0.25) is 9.59 Å². The second kappa shape index (κ2) is 28.8. The molecule has 270 valence electrons. The summed E-state index contributed by atoms with van der Waals surface area (Å²) in [7, 11) is 0. The molecule has 0 aromatic heterocycles. The smallest absolute Gasteiger partial charge is 0.305 e. The van der Waals surface area contributed by atoms with E-state index >= 15 is 0 Å². The lowest BCUT2D eigenvalue weighted by atomic mass is 10.1. The molecule has 0 aliphatic heterocycles. The molecule has 12 heteroatoms. The third-order valence-corrected chi connectivity index (χ3v) is 12.0. The number of ether oxygens (including phenoxy) is 4. The molecule has 0 amide bonds. The molecule has 0 heterocycles. The highest BCUT2D eigenvalue weighted by atomic mass is 127. The van der Waals surface area contributed by atoms with Crippen molar-refractivity contribution < 1.29 is 28.5 Å². The first-order valence-electron chi connectivity index (χ1n) is 17.0. The van der Waals surface area contributed by atoms with Crippen molar-refractivity contribution in [3.8, 4) is 11.5 Å². The maximum absolute atomic E-state index is 12.0. The average molecular weight is 1340 g/mol. The molecule has 0 aliphatic carbocycles. The highest BCUT2D eigenvalue weighted by Gasteiger charge is 2.10. The van der Waals surface area contributed by atoms with Crippen LogP contribution in [0.15, 0.2) is 24.3 Å².